The Kier molecular flexibility index (Phi) is 6.72. The summed E-state index contributed by atoms with van der Waals surface area (Å²) in [5.74, 6) is 0.468. The molecule has 1 aliphatic rings. The van der Waals surface area contributed by atoms with E-state index in [-0.39, 0.29) is 11.7 Å². The fraction of sp³-hybridized carbons (Fsp3) is 0.360. The van der Waals surface area contributed by atoms with Crippen molar-refractivity contribution in [1.29, 1.82) is 0 Å². The van der Waals surface area contributed by atoms with E-state index in [4.69, 9.17) is 4.74 Å². The minimum Gasteiger partial charge on any atom is -0.375 e. The van der Waals surface area contributed by atoms with Crippen molar-refractivity contribution in [1.82, 2.24) is 14.7 Å². The Morgan fingerprint density at radius 1 is 1.00 bits per heavy atom. The van der Waals surface area contributed by atoms with Crippen molar-refractivity contribution in [2.45, 2.75) is 25.5 Å². The zero-order valence-electron chi connectivity index (χ0n) is 17.5. The molecule has 2 aromatic carbocycles. The molecule has 1 atom stereocenters. The maximum atomic E-state index is 12.9. The van der Waals surface area contributed by atoms with Crippen molar-refractivity contribution >= 4 is 0 Å². The number of hydrogen-bond acceptors (Lipinski definition) is 4. The minimum atomic E-state index is -0.00495. The van der Waals surface area contributed by atoms with Gasteiger partial charge in [0, 0.05) is 26.4 Å². The molecule has 0 bridgehead atoms. The molecule has 0 amide bonds. The molecule has 5 nitrogen and oxygen atoms in total. The van der Waals surface area contributed by atoms with Gasteiger partial charge in [-0.2, -0.15) is 5.10 Å². The van der Waals surface area contributed by atoms with E-state index >= 15 is 0 Å². The molecule has 1 saturated heterocycles. The highest BCUT2D eigenvalue weighted by Gasteiger charge is 2.23. The van der Waals surface area contributed by atoms with E-state index in [9.17, 15) is 4.79 Å². The summed E-state index contributed by atoms with van der Waals surface area (Å²) in [4.78, 5) is 15.4. The Balaban J connectivity index is 1.36. The molecule has 1 aromatic heterocycles. The minimum absolute atomic E-state index is 0.00495. The second-order valence-electron chi connectivity index (χ2n) is 7.98. The highest BCUT2D eigenvalue weighted by Crippen LogP contribution is 2.23. The monoisotopic (exact) mass is 403 g/mol. The van der Waals surface area contributed by atoms with Crippen LogP contribution in [-0.2, 0) is 11.3 Å². The lowest BCUT2D eigenvalue weighted by atomic mass is 9.96. The van der Waals surface area contributed by atoms with Gasteiger partial charge in [0.1, 0.15) is 0 Å². The summed E-state index contributed by atoms with van der Waals surface area (Å²) >= 11 is 0. The van der Waals surface area contributed by atoms with Crippen LogP contribution in [0.5, 0.6) is 0 Å². The first-order chi connectivity index (χ1) is 14.7. The molecule has 0 radical (unpaired) electrons. The SMILES string of the molecule is CO[C@@H](CN1CCC(Cn2nccc(-c3ccccc3)c2=O)CC1)c1ccccc1. The summed E-state index contributed by atoms with van der Waals surface area (Å²) in [7, 11) is 1.78. The Hall–Kier alpha value is -2.76. The van der Waals surface area contributed by atoms with Crippen molar-refractivity contribution < 1.29 is 4.74 Å². The Bertz CT molecular complexity index is 980. The number of hydrogen-bond donors (Lipinski definition) is 0. The summed E-state index contributed by atoms with van der Waals surface area (Å²) in [5, 5.41) is 4.35. The van der Waals surface area contributed by atoms with E-state index < -0.39 is 0 Å². The second kappa shape index (κ2) is 9.83. The molecule has 0 spiro atoms. The number of aromatic nitrogens is 2. The summed E-state index contributed by atoms with van der Waals surface area (Å²) in [6.45, 7) is 3.61. The molecular weight excluding hydrogens is 374 g/mol. The molecular formula is C25H29N3O2. The largest absolute Gasteiger partial charge is 0.375 e. The first-order valence-electron chi connectivity index (χ1n) is 10.7. The van der Waals surface area contributed by atoms with Crippen LogP contribution in [0.4, 0.5) is 0 Å². The van der Waals surface area contributed by atoms with Gasteiger partial charge in [0.25, 0.3) is 5.56 Å². The lowest BCUT2D eigenvalue weighted by molar-refractivity contribution is 0.0488. The molecule has 3 aromatic rings. The molecule has 0 unspecified atom stereocenters. The quantitative estimate of drug-likeness (QED) is 0.598. The molecule has 1 aliphatic heterocycles. The van der Waals surface area contributed by atoms with Gasteiger partial charge in [-0.1, -0.05) is 60.7 Å². The fourth-order valence-corrected chi connectivity index (χ4v) is 4.23. The lowest BCUT2D eigenvalue weighted by Crippen LogP contribution is -2.39. The summed E-state index contributed by atoms with van der Waals surface area (Å²) < 4.78 is 7.38. The standard InChI is InChI=1S/C25H29N3O2/c1-30-24(22-10-6-3-7-11-22)19-27-16-13-20(14-17-27)18-28-25(29)23(12-15-26-28)21-8-4-2-5-9-21/h2-12,15,20,24H,13-14,16-19H2,1H3/t24-/m0/s1. The van der Waals surface area contributed by atoms with Crippen molar-refractivity contribution in [2.75, 3.05) is 26.7 Å². The van der Waals surface area contributed by atoms with Gasteiger partial charge in [-0.05, 0) is 49.0 Å². The van der Waals surface area contributed by atoms with E-state index in [2.05, 4.69) is 34.3 Å². The van der Waals surface area contributed by atoms with Crippen LogP contribution in [0.2, 0.25) is 0 Å². The van der Waals surface area contributed by atoms with Crippen LogP contribution in [0.1, 0.15) is 24.5 Å². The summed E-state index contributed by atoms with van der Waals surface area (Å²) in [5.41, 5.74) is 2.87. The molecule has 30 heavy (non-hydrogen) atoms. The smallest absolute Gasteiger partial charge is 0.274 e. The van der Waals surface area contributed by atoms with Crippen LogP contribution < -0.4 is 5.56 Å². The molecule has 4 rings (SSSR count). The van der Waals surface area contributed by atoms with Gasteiger partial charge in [-0.3, -0.25) is 4.79 Å². The third-order valence-electron chi connectivity index (χ3n) is 6.02. The molecule has 5 heteroatoms. The third kappa shape index (κ3) is 4.86. The molecule has 0 saturated carbocycles. The number of likely N-dealkylation sites (tertiary alicyclic amines) is 1. The Morgan fingerprint density at radius 2 is 1.67 bits per heavy atom. The lowest BCUT2D eigenvalue weighted by Gasteiger charge is -2.34. The van der Waals surface area contributed by atoms with Crippen LogP contribution in [0.15, 0.2) is 77.7 Å². The first-order valence-corrected chi connectivity index (χ1v) is 10.7. The molecule has 0 N–H and O–H groups in total. The van der Waals surface area contributed by atoms with Crippen molar-refractivity contribution in [3.63, 3.8) is 0 Å². The number of nitrogens with zero attached hydrogens (tertiary/aromatic N) is 3. The number of piperidine rings is 1. The average Bonchev–Trinajstić information content (AvgIpc) is 2.81. The maximum Gasteiger partial charge on any atom is 0.274 e. The Labute approximate surface area is 177 Å². The predicted molar refractivity (Wildman–Crippen MR) is 119 cm³/mol. The highest BCUT2D eigenvalue weighted by atomic mass is 16.5. The third-order valence-corrected chi connectivity index (χ3v) is 6.02. The van der Waals surface area contributed by atoms with Crippen molar-refractivity contribution in [3.8, 4) is 11.1 Å². The molecule has 0 aliphatic carbocycles. The van der Waals surface area contributed by atoms with E-state index in [0.717, 1.165) is 38.0 Å². The van der Waals surface area contributed by atoms with Gasteiger partial charge in [-0.15, -0.1) is 0 Å². The zero-order chi connectivity index (χ0) is 20.8. The van der Waals surface area contributed by atoms with Crippen molar-refractivity contribution in [2.24, 2.45) is 5.92 Å². The van der Waals surface area contributed by atoms with Crippen LogP contribution in [-0.4, -0.2) is 41.4 Å². The Morgan fingerprint density at radius 3 is 2.33 bits per heavy atom. The van der Waals surface area contributed by atoms with E-state index in [1.54, 1.807) is 18.0 Å². The van der Waals surface area contributed by atoms with Crippen molar-refractivity contribution in [3.05, 3.63) is 88.8 Å². The topological polar surface area (TPSA) is 47.4 Å². The van der Waals surface area contributed by atoms with Gasteiger partial charge in [-0.25, -0.2) is 4.68 Å². The molecule has 2 heterocycles. The second-order valence-corrected chi connectivity index (χ2v) is 7.98. The van der Waals surface area contributed by atoms with E-state index in [1.807, 2.05) is 42.5 Å². The van der Waals surface area contributed by atoms with Crippen LogP contribution in [0.25, 0.3) is 11.1 Å². The van der Waals surface area contributed by atoms with Gasteiger partial charge in [0.2, 0.25) is 0 Å². The normalized spacial score (nSPS) is 16.4. The number of ether oxygens (including phenoxy) is 1. The van der Waals surface area contributed by atoms with Crippen LogP contribution in [0, 0.1) is 5.92 Å². The van der Waals surface area contributed by atoms with Gasteiger partial charge in [0.15, 0.2) is 0 Å². The number of rotatable bonds is 7. The summed E-state index contributed by atoms with van der Waals surface area (Å²) in [6.07, 6.45) is 3.96. The van der Waals surface area contributed by atoms with Gasteiger partial charge in [0.05, 0.1) is 11.7 Å². The molecule has 1 fully saturated rings. The zero-order valence-corrected chi connectivity index (χ0v) is 17.5. The predicted octanol–water partition coefficient (Wildman–Crippen LogP) is 4.01. The fourth-order valence-electron chi connectivity index (χ4n) is 4.23. The first kappa shape index (κ1) is 20.5. The number of methoxy groups -OCH3 is 1. The molecule has 156 valence electrons. The van der Waals surface area contributed by atoms with Crippen LogP contribution in [0.3, 0.4) is 0 Å². The van der Waals surface area contributed by atoms with Crippen LogP contribution >= 0.6 is 0 Å². The van der Waals surface area contributed by atoms with Gasteiger partial charge >= 0.3 is 0 Å². The number of benzene rings is 2. The van der Waals surface area contributed by atoms with E-state index in [0.29, 0.717) is 18.0 Å². The summed E-state index contributed by atoms with van der Waals surface area (Å²) in [6, 6.07) is 22.0. The average molecular weight is 404 g/mol. The van der Waals surface area contributed by atoms with Gasteiger partial charge < -0.3 is 9.64 Å². The van der Waals surface area contributed by atoms with E-state index in [1.165, 1.54) is 5.56 Å². The maximum absolute atomic E-state index is 12.9. The highest BCUT2D eigenvalue weighted by molar-refractivity contribution is 5.61.